The van der Waals surface area contributed by atoms with Gasteiger partial charge in [-0.3, -0.25) is 0 Å². The average Bonchev–Trinajstić information content (AvgIpc) is 3.48. The molecule has 6 rings (SSSR count). The summed E-state index contributed by atoms with van der Waals surface area (Å²) in [4.78, 5) is 7.63. The number of halogens is 1. The van der Waals surface area contributed by atoms with Crippen LogP contribution in [0.1, 0.15) is 0 Å². The lowest BCUT2D eigenvalue weighted by Gasteiger charge is -2.16. The fourth-order valence-corrected chi connectivity index (χ4v) is 4.47. The number of fused-ring (bicyclic) bond motifs is 3. The van der Waals surface area contributed by atoms with Crippen molar-refractivity contribution in [2.75, 3.05) is 13.2 Å². The first kappa shape index (κ1) is 17.9. The van der Waals surface area contributed by atoms with Crippen molar-refractivity contribution in [3.05, 3.63) is 48.3 Å². The van der Waals surface area contributed by atoms with Crippen LogP contribution in [0.2, 0.25) is 0 Å². The van der Waals surface area contributed by atoms with Crippen LogP contribution in [0, 0.1) is 5.82 Å². The fraction of sp³-hybridized carbons (Fsp3) is 0.318. The van der Waals surface area contributed by atoms with Crippen LogP contribution in [0.3, 0.4) is 0 Å². The quantitative estimate of drug-likeness (QED) is 0.544. The summed E-state index contributed by atoms with van der Waals surface area (Å²) in [5.41, 5.74) is 3.17. The van der Waals surface area contributed by atoms with E-state index in [-0.39, 0.29) is 24.9 Å². The first-order chi connectivity index (χ1) is 14.6. The molecule has 30 heavy (non-hydrogen) atoms. The number of aromatic amines is 1. The third-order valence-electron chi connectivity index (χ3n) is 5.99. The highest BCUT2D eigenvalue weighted by molar-refractivity contribution is 5.88. The maximum atomic E-state index is 14.9. The van der Waals surface area contributed by atoms with Crippen molar-refractivity contribution >= 4 is 21.9 Å². The van der Waals surface area contributed by atoms with E-state index in [1.54, 1.807) is 6.07 Å². The molecule has 4 aromatic rings. The molecule has 2 saturated heterocycles. The number of hydrogen-bond acceptors (Lipinski definition) is 5. The first-order valence-electron chi connectivity index (χ1n) is 9.90. The zero-order valence-corrected chi connectivity index (χ0v) is 16.2. The molecule has 154 valence electrons. The van der Waals surface area contributed by atoms with E-state index < -0.39 is 11.9 Å². The molecular formula is C22H20FN3O4. The molecule has 2 N–H and O–H groups in total. The van der Waals surface area contributed by atoms with Crippen LogP contribution in [0.15, 0.2) is 42.5 Å². The van der Waals surface area contributed by atoms with Crippen LogP contribution in [0.4, 0.5) is 4.39 Å². The van der Waals surface area contributed by atoms with Crippen molar-refractivity contribution in [1.29, 1.82) is 0 Å². The summed E-state index contributed by atoms with van der Waals surface area (Å²) in [6.07, 6.45) is -1.66. The number of rotatable bonds is 3. The van der Waals surface area contributed by atoms with Gasteiger partial charge in [0, 0.05) is 30.1 Å². The molecule has 1 aromatic carbocycles. The zero-order chi connectivity index (χ0) is 20.4. The highest BCUT2D eigenvalue weighted by Crippen LogP contribution is 2.33. The van der Waals surface area contributed by atoms with E-state index in [0.717, 1.165) is 10.9 Å². The summed E-state index contributed by atoms with van der Waals surface area (Å²) >= 11 is 0. The van der Waals surface area contributed by atoms with Gasteiger partial charge in [0.1, 0.15) is 24.0 Å². The number of aliphatic hydroxyl groups excluding tert-OH is 1. The molecule has 0 saturated carbocycles. The molecule has 5 heterocycles. The Kier molecular flexibility index (Phi) is 3.89. The van der Waals surface area contributed by atoms with E-state index in [9.17, 15) is 9.50 Å². The maximum Gasteiger partial charge on any atom is 0.193 e. The Morgan fingerprint density at radius 3 is 2.87 bits per heavy atom. The molecular weight excluding hydrogens is 389 g/mol. The lowest BCUT2D eigenvalue weighted by molar-refractivity contribution is 0.00794. The number of nitrogens with zero attached hydrogens (tertiary/aromatic N) is 2. The standard InChI is InChI=1S/C22H20FN3O4/c1-26-15-5-3-2-4-11(15)6-16(26)20-12(23)7-13-14(25-20)8-19(24-13)30-18-10-29-21-17(27)9-28-22(18)21/h2-8,17-18,21-22,24,27H,9-10H2,1H3/t17-,18-,21-,22-/m1/s1. The smallest absolute Gasteiger partial charge is 0.193 e. The Balaban J connectivity index is 1.35. The number of aromatic nitrogens is 3. The van der Waals surface area contributed by atoms with Crippen molar-refractivity contribution in [2.45, 2.75) is 24.4 Å². The Hall–Kier alpha value is -2.94. The molecule has 3 aromatic heterocycles. The lowest BCUT2D eigenvalue weighted by atomic mass is 10.1. The average molecular weight is 409 g/mol. The second-order valence-electron chi connectivity index (χ2n) is 7.85. The van der Waals surface area contributed by atoms with Gasteiger partial charge in [-0.15, -0.1) is 0 Å². The molecule has 2 fully saturated rings. The van der Waals surface area contributed by atoms with Crippen LogP contribution >= 0.6 is 0 Å². The Morgan fingerprint density at radius 2 is 2.00 bits per heavy atom. The summed E-state index contributed by atoms with van der Waals surface area (Å²) in [5, 5.41) is 10.9. The van der Waals surface area contributed by atoms with Gasteiger partial charge in [-0.1, -0.05) is 18.2 Å². The number of ether oxygens (including phenoxy) is 3. The molecule has 0 bridgehead atoms. The lowest BCUT2D eigenvalue weighted by Crippen LogP contribution is -2.34. The second-order valence-corrected chi connectivity index (χ2v) is 7.85. The van der Waals surface area contributed by atoms with Crippen molar-refractivity contribution < 1.29 is 23.7 Å². The van der Waals surface area contributed by atoms with Crippen LogP contribution in [0.5, 0.6) is 5.88 Å². The predicted molar refractivity (Wildman–Crippen MR) is 108 cm³/mol. The van der Waals surface area contributed by atoms with Gasteiger partial charge in [0.2, 0.25) is 0 Å². The summed E-state index contributed by atoms with van der Waals surface area (Å²) in [6.45, 7) is 0.563. The van der Waals surface area contributed by atoms with Gasteiger partial charge >= 0.3 is 0 Å². The van der Waals surface area contributed by atoms with Crippen LogP contribution in [-0.2, 0) is 16.5 Å². The van der Waals surface area contributed by atoms with E-state index in [4.69, 9.17) is 14.2 Å². The molecule has 0 amide bonds. The highest BCUT2D eigenvalue weighted by atomic mass is 19.1. The SMILES string of the molecule is Cn1c(-c2nc3cc(O[C@@H]4CO[C@H]5[C@@H]4OC[C@H]5O)[nH]c3cc2F)cc2ccccc21. The highest BCUT2D eigenvalue weighted by Gasteiger charge is 2.48. The van der Waals surface area contributed by atoms with Crippen LogP contribution in [-0.4, -0.2) is 57.3 Å². The Labute approximate surface area is 171 Å². The van der Waals surface area contributed by atoms with Gasteiger partial charge in [-0.25, -0.2) is 9.37 Å². The van der Waals surface area contributed by atoms with Crippen LogP contribution < -0.4 is 4.74 Å². The van der Waals surface area contributed by atoms with Gasteiger partial charge in [0.25, 0.3) is 0 Å². The number of nitrogens with one attached hydrogen (secondary N) is 1. The van der Waals surface area contributed by atoms with Crippen molar-refractivity contribution in [3.63, 3.8) is 0 Å². The molecule has 2 aliphatic heterocycles. The summed E-state index contributed by atoms with van der Waals surface area (Å²) in [6, 6.07) is 13.0. The number of hydrogen-bond donors (Lipinski definition) is 2. The third kappa shape index (κ3) is 2.64. The maximum absolute atomic E-state index is 14.9. The van der Waals surface area contributed by atoms with Crippen molar-refractivity contribution in [1.82, 2.24) is 14.5 Å². The normalized spacial score (nSPS) is 26.0. The molecule has 8 heteroatoms. The topological polar surface area (TPSA) is 81.5 Å². The van der Waals surface area contributed by atoms with E-state index in [1.165, 1.54) is 6.07 Å². The van der Waals surface area contributed by atoms with Crippen molar-refractivity contribution in [2.24, 2.45) is 7.05 Å². The first-order valence-corrected chi connectivity index (χ1v) is 9.90. The molecule has 4 atom stereocenters. The van der Waals surface area contributed by atoms with E-state index >= 15 is 0 Å². The van der Waals surface area contributed by atoms with Crippen LogP contribution in [0.25, 0.3) is 33.3 Å². The minimum Gasteiger partial charge on any atom is -0.470 e. The van der Waals surface area contributed by atoms with Crippen molar-refractivity contribution in [3.8, 4) is 17.3 Å². The largest absolute Gasteiger partial charge is 0.470 e. The molecule has 0 unspecified atom stereocenters. The Bertz CT molecular complexity index is 1270. The number of aliphatic hydroxyl groups is 1. The number of benzene rings is 1. The van der Waals surface area contributed by atoms with E-state index in [1.807, 2.05) is 41.9 Å². The summed E-state index contributed by atoms with van der Waals surface area (Å²) in [7, 11) is 1.90. The second kappa shape index (κ2) is 6.53. The third-order valence-corrected chi connectivity index (χ3v) is 5.99. The number of para-hydroxylation sites is 1. The Morgan fingerprint density at radius 1 is 1.17 bits per heavy atom. The van der Waals surface area contributed by atoms with Gasteiger partial charge in [-0.2, -0.15) is 0 Å². The predicted octanol–water partition coefficient (Wildman–Crippen LogP) is 2.77. The fourth-order valence-electron chi connectivity index (χ4n) is 4.47. The van der Waals surface area contributed by atoms with E-state index in [2.05, 4.69) is 9.97 Å². The minimum atomic E-state index is -0.634. The minimum absolute atomic E-state index is 0.239. The van der Waals surface area contributed by atoms with E-state index in [0.29, 0.717) is 34.9 Å². The van der Waals surface area contributed by atoms with Gasteiger partial charge in [-0.05, 0) is 12.1 Å². The number of H-pyrrole nitrogens is 1. The zero-order valence-electron chi connectivity index (χ0n) is 16.2. The monoisotopic (exact) mass is 409 g/mol. The molecule has 0 radical (unpaired) electrons. The molecule has 2 aliphatic rings. The van der Waals surface area contributed by atoms with Gasteiger partial charge < -0.3 is 28.9 Å². The number of pyridine rings is 1. The molecule has 7 nitrogen and oxygen atoms in total. The number of aryl methyl sites for hydroxylation is 1. The molecule has 0 spiro atoms. The summed E-state index contributed by atoms with van der Waals surface area (Å²) < 4.78 is 34.1. The van der Waals surface area contributed by atoms with Gasteiger partial charge in [0.05, 0.1) is 29.9 Å². The van der Waals surface area contributed by atoms with Gasteiger partial charge in [0.15, 0.2) is 17.8 Å². The summed E-state index contributed by atoms with van der Waals surface area (Å²) in [5.74, 6) is 0.0543. The molecule has 0 aliphatic carbocycles.